The highest BCUT2D eigenvalue weighted by Crippen LogP contribution is 2.15. The topological polar surface area (TPSA) is 93.7 Å². The van der Waals surface area contributed by atoms with E-state index < -0.39 is 24.5 Å². The predicted octanol–water partition coefficient (Wildman–Crippen LogP) is 0.846. The molecular formula is C15H18N2O5. The molecule has 1 heterocycles. The molecule has 118 valence electrons. The molecule has 2 N–H and O–H groups in total. The Morgan fingerprint density at radius 3 is 2.64 bits per heavy atom. The van der Waals surface area contributed by atoms with Crippen LogP contribution in [0.1, 0.15) is 19.8 Å². The average Bonchev–Trinajstić information content (AvgIpc) is 2.94. The lowest BCUT2D eigenvalue weighted by atomic mass is 10.2. The highest BCUT2D eigenvalue weighted by molar-refractivity contribution is 5.94. The molecule has 0 unspecified atom stereocenters. The Kier molecular flexibility index (Phi) is 5.35. The maximum atomic E-state index is 11.7. The summed E-state index contributed by atoms with van der Waals surface area (Å²) in [6, 6.07) is 6.22. The summed E-state index contributed by atoms with van der Waals surface area (Å²) in [4.78, 5) is 34.3. The van der Waals surface area contributed by atoms with Gasteiger partial charge in [0, 0.05) is 12.1 Å². The molecule has 1 aromatic carbocycles. The Balaban J connectivity index is 1.75. The number of nitrogens with one attached hydrogen (secondary N) is 2. The second-order valence-corrected chi connectivity index (χ2v) is 4.77. The molecule has 1 saturated heterocycles. The van der Waals surface area contributed by atoms with Gasteiger partial charge in [0.1, 0.15) is 11.8 Å². The molecule has 0 radical (unpaired) electrons. The van der Waals surface area contributed by atoms with Crippen molar-refractivity contribution in [1.29, 1.82) is 0 Å². The fourth-order valence-corrected chi connectivity index (χ4v) is 2.03. The van der Waals surface area contributed by atoms with Crippen molar-refractivity contribution < 1.29 is 23.9 Å². The van der Waals surface area contributed by atoms with Crippen LogP contribution in [0.15, 0.2) is 24.3 Å². The van der Waals surface area contributed by atoms with E-state index >= 15 is 0 Å². The number of esters is 1. The molecule has 0 spiro atoms. The summed E-state index contributed by atoms with van der Waals surface area (Å²) in [5.74, 6) is -0.501. The molecule has 1 atom stereocenters. The van der Waals surface area contributed by atoms with Gasteiger partial charge in [-0.1, -0.05) is 0 Å². The molecule has 1 aliphatic heterocycles. The van der Waals surface area contributed by atoms with E-state index in [9.17, 15) is 14.4 Å². The third-order valence-corrected chi connectivity index (χ3v) is 3.07. The second-order valence-electron chi connectivity index (χ2n) is 4.77. The number of rotatable bonds is 6. The predicted molar refractivity (Wildman–Crippen MR) is 78.4 cm³/mol. The lowest BCUT2D eigenvalue weighted by Gasteiger charge is -2.10. The number of carbonyl (C=O) groups is 3. The Hall–Kier alpha value is -2.57. The molecule has 0 saturated carbocycles. The SMILES string of the molecule is CCOc1ccc(NC(=O)COC(=O)[C@H]2CCC(=O)N2)cc1. The largest absolute Gasteiger partial charge is 0.494 e. The summed E-state index contributed by atoms with van der Waals surface area (Å²) in [5.41, 5.74) is 0.582. The van der Waals surface area contributed by atoms with Crippen LogP contribution in [0.2, 0.25) is 0 Å². The first kappa shape index (κ1) is 15.8. The number of hydrogen-bond donors (Lipinski definition) is 2. The lowest BCUT2D eigenvalue weighted by molar-refractivity contribution is -0.149. The molecule has 1 aromatic rings. The zero-order valence-electron chi connectivity index (χ0n) is 12.3. The first-order valence-corrected chi connectivity index (χ1v) is 7.07. The van der Waals surface area contributed by atoms with E-state index in [0.29, 0.717) is 30.9 Å². The van der Waals surface area contributed by atoms with Crippen molar-refractivity contribution in [2.45, 2.75) is 25.8 Å². The maximum Gasteiger partial charge on any atom is 0.329 e. The number of amides is 2. The number of carbonyl (C=O) groups excluding carboxylic acids is 3. The summed E-state index contributed by atoms with van der Waals surface area (Å²) >= 11 is 0. The van der Waals surface area contributed by atoms with Crippen molar-refractivity contribution in [1.82, 2.24) is 5.32 Å². The van der Waals surface area contributed by atoms with Crippen molar-refractivity contribution >= 4 is 23.5 Å². The number of anilines is 1. The van der Waals surface area contributed by atoms with Gasteiger partial charge in [-0.3, -0.25) is 9.59 Å². The van der Waals surface area contributed by atoms with Crippen LogP contribution in [0, 0.1) is 0 Å². The molecule has 2 rings (SSSR count). The number of ether oxygens (including phenoxy) is 2. The molecule has 7 nitrogen and oxygen atoms in total. The highest BCUT2D eigenvalue weighted by atomic mass is 16.5. The van der Waals surface area contributed by atoms with Gasteiger partial charge in [0.15, 0.2) is 6.61 Å². The Bertz CT molecular complexity index is 556. The highest BCUT2D eigenvalue weighted by Gasteiger charge is 2.28. The Morgan fingerprint density at radius 2 is 2.05 bits per heavy atom. The fourth-order valence-electron chi connectivity index (χ4n) is 2.03. The average molecular weight is 306 g/mol. The smallest absolute Gasteiger partial charge is 0.329 e. The van der Waals surface area contributed by atoms with E-state index in [1.165, 1.54) is 0 Å². The van der Waals surface area contributed by atoms with Crippen LogP contribution < -0.4 is 15.4 Å². The number of benzene rings is 1. The van der Waals surface area contributed by atoms with Gasteiger partial charge < -0.3 is 20.1 Å². The summed E-state index contributed by atoms with van der Waals surface area (Å²) in [7, 11) is 0. The minimum atomic E-state index is -0.647. The van der Waals surface area contributed by atoms with Crippen LogP contribution in [0.4, 0.5) is 5.69 Å². The van der Waals surface area contributed by atoms with Crippen molar-refractivity contribution in [2.24, 2.45) is 0 Å². The minimum absolute atomic E-state index is 0.180. The van der Waals surface area contributed by atoms with E-state index in [1.807, 2.05) is 6.92 Å². The monoisotopic (exact) mass is 306 g/mol. The van der Waals surface area contributed by atoms with Crippen LogP contribution in [0.5, 0.6) is 5.75 Å². The van der Waals surface area contributed by atoms with Crippen LogP contribution >= 0.6 is 0 Å². The molecule has 1 fully saturated rings. The zero-order valence-corrected chi connectivity index (χ0v) is 12.3. The summed E-state index contributed by atoms with van der Waals surface area (Å²) in [6.45, 7) is 2.06. The van der Waals surface area contributed by atoms with Crippen molar-refractivity contribution in [2.75, 3.05) is 18.5 Å². The van der Waals surface area contributed by atoms with Gasteiger partial charge in [0.25, 0.3) is 5.91 Å². The summed E-state index contributed by atoms with van der Waals surface area (Å²) < 4.78 is 10.2. The normalized spacial score (nSPS) is 16.8. The second kappa shape index (κ2) is 7.44. The first-order valence-electron chi connectivity index (χ1n) is 7.07. The van der Waals surface area contributed by atoms with E-state index in [0.717, 1.165) is 0 Å². The third kappa shape index (κ3) is 4.47. The molecule has 0 bridgehead atoms. The van der Waals surface area contributed by atoms with E-state index in [4.69, 9.17) is 9.47 Å². The number of hydrogen-bond acceptors (Lipinski definition) is 5. The third-order valence-electron chi connectivity index (χ3n) is 3.07. The molecule has 2 amide bonds. The van der Waals surface area contributed by atoms with Gasteiger partial charge >= 0.3 is 5.97 Å². The van der Waals surface area contributed by atoms with Gasteiger partial charge in [-0.2, -0.15) is 0 Å². The van der Waals surface area contributed by atoms with Crippen molar-refractivity contribution in [3.63, 3.8) is 0 Å². The maximum absolute atomic E-state index is 11.7. The molecule has 0 aromatic heterocycles. The molecule has 1 aliphatic rings. The Labute approximate surface area is 128 Å². The lowest BCUT2D eigenvalue weighted by Crippen LogP contribution is -2.36. The summed E-state index contributed by atoms with van der Waals surface area (Å²) in [6.07, 6.45) is 0.705. The molecule has 22 heavy (non-hydrogen) atoms. The van der Waals surface area contributed by atoms with Gasteiger partial charge in [-0.15, -0.1) is 0 Å². The molecule has 7 heteroatoms. The summed E-state index contributed by atoms with van der Waals surface area (Å²) in [5, 5.41) is 5.09. The van der Waals surface area contributed by atoms with Crippen LogP contribution in [0.3, 0.4) is 0 Å². The van der Waals surface area contributed by atoms with E-state index in [1.54, 1.807) is 24.3 Å². The van der Waals surface area contributed by atoms with Gasteiger partial charge in [0.2, 0.25) is 5.91 Å². The van der Waals surface area contributed by atoms with E-state index in [-0.39, 0.29) is 5.91 Å². The Morgan fingerprint density at radius 1 is 1.32 bits per heavy atom. The quantitative estimate of drug-likeness (QED) is 0.760. The standard InChI is InChI=1S/C15H18N2O5/c1-2-21-11-5-3-10(4-6-11)16-14(19)9-22-15(20)12-7-8-13(18)17-12/h3-6,12H,2,7-9H2,1H3,(H,16,19)(H,17,18)/t12-/m1/s1. The van der Waals surface area contributed by atoms with Crippen LogP contribution in [-0.4, -0.2) is 37.0 Å². The van der Waals surface area contributed by atoms with E-state index in [2.05, 4.69) is 10.6 Å². The van der Waals surface area contributed by atoms with Gasteiger partial charge in [0.05, 0.1) is 6.61 Å². The van der Waals surface area contributed by atoms with Crippen molar-refractivity contribution in [3.05, 3.63) is 24.3 Å². The van der Waals surface area contributed by atoms with Gasteiger partial charge in [-0.05, 0) is 37.6 Å². The first-order chi connectivity index (χ1) is 10.6. The molecule has 0 aliphatic carbocycles. The van der Waals surface area contributed by atoms with Gasteiger partial charge in [-0.25, -0.2) is 4.79 Å². The zero-order chi connectivity index (χ0) is 15.9. The van der Waals surface area contributed by atoms with Crippen LogP contribution in [-0.2, 0) is 19.1 Å². The molecular weight excluding hydrogens is 288 g/mol. The van der Waals surface area contributed by atoms with Crippen molar-refractivity contribution in [3.8, 4) is 5.75 Å². The minimum Gasteiger partial charge on any atom is -0.494 e. The fraction of sp³-hybridized carbons (Fsp3) is 0.400. The van der Waals surface area contributed by atoms with Crippen LogP contribution in [0.25, 0.3) is 0 Å².